The van der Waals surface area contributed by atoms with Crippen molar-refractivity contribution in [2.24, 2.45) is 5.92 Å². The molecular formula is C21H31N5O2. The molecule has 1 aromatic carbocycles. The average Bonchev–Trinajstić information content (AvgIpc) is 2.98. The summed E-state index contributed by atoms with van der Waals surface area (Å²) in [7, 11) is 0. The number of carbonyl (C=O) groups is 1. The van der Waals surface area contributed by atoms with Gasteiger partial charge in [0.15, 0.2) is 5.82 Å². The molecule has 1 atom stereocenters. The van der Waals surface area contributed by atoms with Gasteiger partial charge in [0, 0.05) is 38.5 Å². The smallest absolute Gasteiger partial charge is 0.223 e. The molecule has 0 saturated carbocycles. The van der Waals surface area contributed by atoms with Gasteiger partial charge in [0.05, 0.1) is 12.6 Å². The Morgan fingerprint density at radius 3 is 2.57 bits per heavy atom. The topological polar surface area (TPSA) is 72.3 Å². The molecule has 0 spiro atoms. The van der Waals surface area contributed by atoms with Gasteiger partial charge in [0.2, 0.25) is 5.91 Å². The number of rotatable bonds is 7. The summed E-state index contributed by atoms with van der Waals surface area (Å²) in [6.45, 7) is 12.0. The van der Waals surface area contributed by atoms with Gasteiger partial charge in [-0.2, -0.15) is 0 Å². The molecular weight excluding hydrogens is 354 g/mol. The number of nitrogens with zero attached hydrogens (tertiary/aromatic N) is 4. The minimum atomic E-state index is -0.145. The Hall–Kier alpha value is -2.41. The zero-order valence-corrected chi connectivity index (χ0v) is 17.3. The second-order valence-corrected chi connectivity index (χ2v) is 7.61. The van der Waals surface area contributed by atoms with Crippen molar-refractivity contribution in [1.82, 2.24) is 25.0 Å². The zero-order chi connectivity index (χ0) is 20.1. The summed E-state index contributed by atoms with van der Waals surface area (Å²) in [5, 5.41) is 11.8. The summed E-state index contributed by atoms with van der Waals surface area (Å²) < 4.78 is 7.69. The Morgan fingerprint density at radius 2 is 1.89 bits per heavy atom. The van der Waals surface area contributed by atoms with Crippen LogP contribution in [0.2, 0.25) is 0 Å². The fourth-order valence-electron chi connectivity index (χ4n) is 3.43. The highest BCUT2D eigenvalue weighted by atomic mass is 16.5. The van der Waals surface area contributed by atoms with Crippen LogP contribution in [0.3, 0.4) is 0 Å². The second kappa shape index (κ2) is 9.19. The molecule has 152 valence electrons. The van der Waals surface area contributed by atoms with Crippen LogP contribution >= 0.6 is 0 Å². The third-order valence-corrected chi connectivity index (χ3v) is 5.06. The minimum absolute atomic E-state index is 0.0376. The first-order valence-corrected chi connectivity index (χ1v) is 10.1. The van der Waals surface area contributed by atoms with Gasteiger partial charge in [0.25, 0.3) is 0 Å². The molecule has 0 radical (unpaired) electrons. The van der Waals surface area contributed by atoms with Crippen molar-refractivity contribution < 1.29 is 9.53 Å². The Bertz CT molecular complexity index is 785. The van der Waals surface area contributed by atoms with Crippen molar-refractivity contribution in [3.05, 3.63) is 41.5 Å². The molecule has 3 rings (SSSR count). The first-order valence-electron chi connectivity index (χ1n) is 10.1. The Kier molecular flexibility index (Phi) is 6.67. The number of benzene rings is 1. The molecule has 1 aliphatic heterocycles. The second-order valence-electron chi connectivity index (χ2n) is 7.61. The fraction of sp³-hybridized carbons (Fsp3) is 0.571. The zero-order valence-electron chi connectivity index (χ0n) is 17.3. The first-order chi connectivity index (χ1) is 13.5. The van der Waals surface area contributed by atoms with E-state index >= 15 is 0 Å². The van der Waals surface area contributed by atoms with E-state index in [1.54, 1.807) is 0 Å². The van der Waals surface area contributed by atoms with Gasteiger partial charge in [0.1, 0.15) is 11.6 Å². The summed E-state index contributed by atoms with van der Waals surface area (Å²) in [4.78, 5) is 14.5. The highest BCUT2D eigenvalue weighted by Gasteiger charge is 2.23. The van der Waals surface area contributed by atoms with Gasteiger partial charge in [-0.25, -0.2) is 0 Å². The third kappa shape index (κ3) is 4.90. The van der Waals surface area contributed by atoms with E-state index in [1.165, 1.54) is 5.56 Å². The molecule has 1 aromatic heterocycles. The third-order valence-electron chi connectivity index (χ3n) is 5.06. The Morgan fingerprint density at radius 1 is 1.14 bits per heavy atom. The summed E-state index contributed by atoms with van der Waals surface area (Å²) in [5.41, 5.74) is 1.28. The summed E-state index contributed by atoms with van der Waals surface area (Å²) in [5.74, 6) is 2.74. The highest BCUT2D eigenvalue weighted by molar-refractivity contribution is 5.78. The predicted octanol–water partition coefficient (Wildman–Crippen LogP) is 2.57. The predicted molar refractivity (Wildman–Crippen MR) is 108 cm³/mol. The lowest BCUT2D eigenvalue weighted by Gasteiger charge is -2.20. The minimum Gasteiger partial charge on any atom is -0.494 e. The van der Waals surface area contributed by atoms with E-state index in [2.05, 4.69) is 37.1 Å². The number of amides is 1. The van der Waals surface area contributed by atoms with Crippen molar-refractivity contribution in [3.63, 3.8) is 0 Å². The molecule has 2 aromatic rings. The van der Waals surface area contributed by atoms with Crippen molar-refractivity contribution in [3.8, 4) is 5.75 Å². The number of nitrogens with one attached hydrogen (secondary N) is 1. The van der Waals surface area contributed by atoms with Gasteiger partial charge in [-0.05, 0) is 31.5 Å². The van der Waals surface area contributed by atoms with Gasteiger partial charge >= 0.3 is 0 Å². The molecule has 0 bridgehead atoms. The maximum atomic E-state index is 12.0. The average molecular weight is 386 g/mol. The van der Waals surface area contributed by atoms with Crippen LogP contribution < -0.4 is 10.1 Å². The number of carbonyl (C=O) groups excluding carboxylic acids is 1. The van der Waals surface area contributed by atoms with Crippen LogP contribution in [0.1, 0.15) is 50.9 Å². The van der Waals surface area contributed by atoms with Gasteiger partial charge in [-0.3, -0.25) is 9.69 Å². The van der Waals surface area contributed by atoms with Crippen molar-refractivity contribution in [2.75, 3.05) is 19.7 Å². The van der Waals surface area contributed by atoms with Crippen LogP contribution in [0, 0.1) is 5.92 Å². The number of aromatic nitrogens is 3. The van der Waals surface area contributed by atoms with Crippen LogP contribution in [0.25, 0.3) is 0 Å². The van der Waals surface area contributed by atoms with E-state index in [9.17, 15) is 4.79 Å². The lowest BCUT2D eigenvalue weighted by atomic mass is 10.2. The standard InChI is InChI=1S/C21H31N5O2/c1-5-28-18-8-6-17(7-9-18)14-25-11-10-19-23-24-20(26(19)13-12-25)16(4)22-21(27)15(2)3/h6-9,15-16H,5,10-14H2,1-4H3,(H,22,27)/t16-/m0/s1. The Labute approximate surface area is 167 Å². The molecule has 1 amide bonds. The quantitative estimate of drug-likeness (QED) is 0.793. The van der Waals surface area contributed by atoms with E-state index in [0.717, 1.165) is 50.0 Å². The molecule has 7 heteroatoms. The number of hydrogen-bond acceptors (Lipinski definition) is 5. The summed E-state index contributed by atoms with van der Waals surface area (Å²) in [6, 6.07) is 8.18. The van der Waals surface area contributed by atoms with Crippen LogP contribution in [-0.2, 0) is 24.3 Å². The normalized spacial score (nSPS) is 15.8. The van der Waals surface area contributed by atoms with E-state index in [1.807, 2.05) is 39.8 Å². The van der Waals surface area contributed by atoms with Crippen LogP contribution in [0.15, 0.2) is 24.3 Å². The largest absolute Gasteiger partial charge is 0.494 e. The maximum Gasteiger partial charge on any atom is 0.223 e. The summed E-state index contributed by atoms with van der Waals surface area (Å²) in [6.07, 6.45) is 0.856. The van der Waals surface area contributed by atoms with E-state index in [4.69, 9.17) is 4.74 Å². The number of hydrogen-bond donors (Lipinski definition) is 1. The maximum absolute atomic E-state index is 12.0. The molecule has 7 nitrogen and oxygen atoms in total. The van der Waals surface area contributed by atoms with Crippen molar-refractivity contribution >= 4 is 5.91 Å². The van der Waals surface area contributed by atoms with E-state index < -0.39 is 0 Å². The number of ether oxygens (including phenoxy) is 1. The van der Waals surface area contributed by atoms with E-state index in [-0.39, 0.29) is 17.9 Å². The molecule has 1 aliphatic rings. The summed E-state index contributed by atoms with van der Waals surface area (Å²) >= 11 is 0. The molecule has 0 fully saturated rings. The molecule has 0 unspecified atom stereocenters. The molecule has 2 heterocycles. The van der Waals surface area contributed by atoms with Gasteiger partial charge < -0.3 is 14.6 Å². The first kappa shape index (κ1) is 20.3. The SMILES string of the molecule is CCOc1ccc(CN2CCc3nnc([C@H](C)NC(=O)C(C)C)n3CC2)cc1. The monoisotopic (exact) mass is 385 g/mol. The van der Waals surface area contributed by atoms with Gasteiger partial charge in [-0.1, -0.05) is 26.0 Å². The lowest BCUT2D eigenvalue weighted by molar-refractivity contribution is -0.124. The van der Waals surface area contributed by atoms with Crippen LogP contribution in [0.4, 0.5) is 0 Å². The van der Waals surface area contributed by atoms with E-state index in [0.29, 0.717) is 6.61 Å². The lowest BCUT2D eigenvalue weighted by Crippen LogP contribution is -2.32. The molecule has 0 aliphatic carbocycles. The van der Waals surface area contributed by atoms with Crippen LogP contribution in [0.5, 0.6) is 5.75 Å². The fourth-order valence-corrected chi connectivity index (χ4v) is 3.43. The Balaban J connectivity index is 1.62. The molecule has 0 saturated heterocycles. The van der Waals surface area contributed by atoms with Crippen molar-refractivity contribution in [2.45, 2.75) is 53.2 Å². The van der Waals surface area contributed by atoms with Crippen molar-refractivity contribution in [1.29, 1.82) is 0 Å². The van der Waals surface area contributed by atoms with Crippen LogP contribution in [-0.4, -0.2) is 45.3 Å². The molecule has 1 N–H and O–H groups in total. The highest BCUT2D eigenvalue weighted by Crippen LogP contribution is 2.18. The molecule has 28 heavy (non-hydrogen) atoms. The number of fused-ring (bicyclic) bond motifs is 1. The van der Waals surface area contributed by atoms with Gasteiger partial charge in [-0.15, -0.1) is 10.2 Å².